The molecule has 1 atom stereocenters. The molecule has 1 aromatic rings. The van der Waals surface area contributed by atoms with E-state index in [1.807, 2.05) is 25.6 Å². The van der Waals surface area contributed by atoms with Gasteiger partial charge in [0.1, 0.15) is 5.54 Å². The second-order valence-electron chi connectivity index (χ2n) is 5.55. The van der Waals surface area contributed by atoms with Crippen LogP contribution in [0.3, 0.4) is 0 Å². The lowest BCUT2D eigenvalue weighted by atomic mass is 9.96. The number of nitrogens with one attached hydrogen (secondary N) is 1. The summed E-state index contributed by atoms with van der Waals surface area (Å²) in [5.41, 5.74) is 2.07. The topological polar surface area (TPSA) is 38.3 Å². The van der Waals surface area contributed by atoms with E-state index in [0.29, 0.717) is 0 Å². The number of benzene rings is 1. The van der Waals surface area contributed by atoms with Crippen LogP contribution in [0.15, 0.2) is 23.1 Å². The predicted octanol–water partition coefficient (Wildman–Crippen LogP) is 3.72. The number of hydrogen-bond acceptors (Lipinski definition) is 4. The number of carbonyl (C=O) groups excluding carboxylic acids is 1. The minimum absolute atomic E-state index is 0.180. The second kappa shape index (κ2) is 8.44. The Morgan fingerprint density at radius 3 is 2.62 bits per heavy atom. The maximum absolute atomic E-state index is 11.9. The Morgan fingerprint density at radius 2 is 2.05 bits per heavy atom. The van der Waals surface area contributed by atoms with Crippen molar-refractivity contribution in [3.8, 4) is 0 Å². The van der Waals surface area contributed by atoms with E-state index in [1.165, 1.54) is 23.1 Å². The van der Waals surface area contributed by atoms with E-state index in [1.54, 1.807) is 0 Å². The smallest absolute Gasteiger partial charge is 0.325 e. The van der Waals surface area contributed by atoms with Gasteiger partial charge < -0.3 is 10.1 Å². The Kier molecular flexibility index (Phi) is 7.26. The fraction of sp³-hybridized carbons (Fsp3) is 0.588. The molecular weight excluding hydrogens is 282 g/mol. The SMILES string of the molecule is CCNC(C)(CCCSc1ccc(C)c(C)c1)C(=O)OC. The van der Waals surface area contributed by atoms with Crippen molar-refractivity contribution in [3.63, 3.8) is 0 Å². The first kappa shape index (κ1) is 18.1. The van der Waals surface area contributed by atoms with Gasteiger partial charge in [0.15, 0.2) is 0 Å². The highest BCUT2D eigenvalue weighted by Crippen LogP contribution is 2.24. The van der Waals surface area contributed by atoms with Crippen molar-refractivity contribution >= 4 is 17.7 Å². The van der Waals surface area contributed by atoms with E-state index in [0.717, 1.165) is 25.1 Å². The third-order valence-corrected chi connectivity index (χ3v) is 4.85. The van der Waals surface area contributed by atoms with Gasteiger partial charge in [0.25, 0.3) is 0 Å². The number of methoxy groups -OCH3 is 1. The minimum atomic E-state index is -0.576. The van der Waals surface area contributed by atoms with Crippen molar-refractivity contribution < 1.29 is 9.53 Å². The molecule has 1 unspecified atom stereocenters. The van der Waals surface area contributed by atoms with Crippen LogP contribution in [-0.2, 0) is 9.53 Å². The Morgan fingerprint density at radius 1 is 1.33 bits per heavy atom. The zero-order valence-electron chi connectivity index (χ0n) is 13.8. The Balaban J connectivity index is 2.47. The molecule has 1 aromatic carbocycles. The summed E-state index contributed by atoms with van der Waals surface area (Å²) in [4.78, 5) is 13.2. The van der Waals surface area contributed by atoms with Crippen LogP contribution in [0.4, 0.5) is 0 Å². The molecule has 0 aliphatic heterocycles. The number of rotatable bonds is 8. The minimum Gasteiger partial charge on any atom is -0.468 e. The number of thioether (sulfide) groups is 1. The van der Waals surface area contributed by atoms with Crippen molar-refractivity contribution in [3.05, 3.63) is 29.3 Å². The highest BCUT2D eigenvalue weighted by atomic mass is 32.2. The molecule has 0 heterocycles. The number of aryl methyl sites for hydroxylation is 2. The molecule has 0 amide bonds. The van der Waals surface area contributed by atoms with Crippen molar-refractivity contribution in [1.29, 1.82) is 0 Å². The van der Waals surface area contributed by atoms with Gasteiger partial charge >= 0.3 is 5.97 Å². The summed E-state index contributed by atoms with van der Waals surface area (Å²) in [6.07, 6.45) is 1.75. The summed E-state index contributed by atoms with van der Waals surface area (Å²) in [6, 6.07) is 6.55. The molecule has 0 aromatic heterocycles. The summed E-state index contributed by atoms with van der Waals surface area (Å²) < 4.78 is 4.90. The average molecular weight is 309 g/mol. The number of ether oxygens (including phenoxy) is 1. The Labute approximate surface area is 132 Å². The molecule has 0 saturated heterocycles. The lowest BCUT2D eigenvalue weighted by molar-refractivity contribution is -0.148. The normalized spacial score (nSPS) is 13.8. The van der Waals surface area contributed by atoms with Crippen molar-refractivity contribution in [1.82, 2.24) is 5.32 Å². The molecule has 0 aliphatic carbocycles. The number of esters is 1. The molecule has 0 saturated carbocycles. The van der Waals surface area contributed by atoms with E-state index in [-0.39, 0.29) is 5.97 Å². The van der Waals surface area contributed by atoms with Crippen molar-refractivity contribution in [2.24, 2.45) is 0 Å². The van der Waals surface area contributed by atoms with Gasteiger partial charge in [-0.1, -0.05) is 13.0 Å². The van der Waals surface area contributed by atoms with Crippen LogP contribution in [0.2, 0.25) is 0 Å². The summed E-state index contributed by atoms with van der Waals surface area (Å²) in [6.45, 7) is 8.95. The third kappa shape index (κ3) is 5.36. The van der Waals surface area contributed by atoms with Crippen LogP contribution >= 0.6 is 11.8 Å². The van der Waals surface area contributed by atoms with Crippen molar-refractivity contribution in [2.45, 2.75) is 51.0 Å². The highest BCUT2D eigenvalue weighted by molar-refractivity contribution is 7.99. The van der Waals surface area contributed by atoms with Crippen LogP contribution in [0, 0.1) is 13.8 Å². The summed E-state index contributed by atoms with van der Waals surface area (Å²) in [5, 5.41) is 3.24. The first-order valence-electron chi connectivity index (χ1n) is 7.46. The molecule has 118 valence electrons. The third-order valence-electron chi connectivity index (χ3n) is 3.77. The summed E-state index contributed by atoms with van der Waals surface area (Å²) in [7, 11) is 1.45. The van der Waals surface area contributed by atoms with E-state index in [2.05, 4.69) is 37.4 Å². The second-order valence-corrected chi connectivity index (χ2v) is 6.72. The van der Waals surface area contributed by atoms with E-state index in [9.17, 15) is 4.79 Å². The molecule has 4 heteroatoms. The number of likely N-dealkylation sites (N-methyl/N-ethyl adjacent to an activating group) is 1. The quantitative estimate of drug-likeness (QED) is 0.451. The molecule has 1 rings (SSSR count). The van der Waals surface area contributed by atoms with E-state index >= 15 is 0 Å². The zero-order valence-corrected chi connectivity index (χ0v) is 14.6. The number of carbonyl (C=O) groups is 1. The van der Waals surface area contributed by atoms with Gasteiger partial charge in [-0.25, -0.2) is 0 Å². The fourth-order valence-electron chi connectivity index (χ4n) is 2.30. The average Bonchev–Trinajstić information content (AvgIpc) is 2.46. The molecule has 0 fully saturated rings. The molecule has 0 aliphatic rings. The van der Waals surface area contributed by atoms with Crippen LogP contribution < -0.4 is 5.32 Å². The molecular formula is C17H27NO2S. The van der Waals surface area contributed by atoms with E-state index in [4.69, 9.17) is 4.74 Å². The monoisotopic (exact) mass is 309 g/mol. The zero-order chi connectivity index (χ0) is 15.9. The molecule has 1 N–H and O–H groups in total. The van der Waals surface area contributed by atoms with Crippen LogP contribution in [0.25, 0.3) is 0 Å². The molecule has 0 radical (unpaired) electrons. The Hall–Kier alpha value is -1.00. The van der Waals surface area contributed by atoms with Gasteiger partial charge in [0, 0.05) is 4.90 Å². The number of hydrogen-bond donors (Lipinski definition) is 1. The fourth-order valence-corrected chi connectivity index (χ4v) is 3.25. The molecule has 0 bridgehead atoms. The predicted molar refractivity (Wildman–Crippen MR) is 90.0 cm³/mol. The molecule has 3 nitrogen and oxygen atoms in total. The van der Waals surface area contributed by atoms with Crippen LogP contribution in [-0.4, -0.2) is 30.9 Å². The summed E-state index contributed by atoms with van der Waals surface area (Å²) in [5.74, 6) is 0.820. The van der Waals surface area contributed by atoms with Gasteiger partial charge in [-0.05, 0) is 69.2 Å². The highest BCUT2D eigenvalue weighted by Gasteiger charge is 2.32. The Bertz CT molecular complexity index is 476. The first-order chi connectivity index (χ1) is 9.92. The van der Waals surface area contributed by atoms with Crippen molar-refractivity contribution in [2.75, 3.05) is 19.4 Å². The lowest BCUT2D eigenvalue weighted by Gasteiger charge is -2.27. The van der Waals surface area contributed by atoms with Gasteiger partial charge in [-0.15, -0.1) is 11.8 Å². The summed E-state index contributed by atoms with van der Waals surface area (Å²) >= 11 is 1.84. The van der Waals surface area contributed by atoms with Gasteiger partial charge in [-0.2, -0.15) is 0 Å². The van der Waals surface area contributed by atoms with Gasteiger partial charge in [-0.3, -0.25) is 4.79 Å². The standard InChI is InChI=1S/C17H27NO2S/c1-6-18-17(4,16(19)20-5)10-7-11-21-15-9-8-13(2)14(3)12-15/h8-9,12,18H,6-7,10-11H2,1-5H3. The first-order valence-corrected chi connectivity index (χ1v) is 8.45. The molecule has 21 heavy (non-hydrogen) atoms. The maximum atomic E-state index is 11.9. The largest absolute Gasteiger partial charge is 0.468 e. The molecule has 0 spiro atoms. The maximum Gasteiger partial charge on any atom is 0.325 e. The van der Waals surface area contributed by atoms with Crippen LogP contribution in [0.5, 0.6) is 0 Å². The van der Waals surface area contributed by atoms with Crippen LogP contribution in [0.1, 0.15) is 37.8 Å². The van der Waals surface area contributed by atoms with E-state index < -0.39 is 5.54 Å². The van der Waals surface area contributed by atoms with Gasteiger partial charge in [0.05, 0.1) is 7.11 Å². The lowest BCUT2D eigenvalue weighted by Crippen LogP contribution is -2.50. The van der Waals surface area contributed by atoms with Gasteiger partial charge in [0.2, 0.25) is 0 Å².